The summed E-state index contributed by atoms with van der Waals surface area (Å²) in [4.78, 5) is 0. The van der Waals surface area contributed by atoms with Gasteiger partial charge in [0, 0.05) is 11.3 Å². The predicted octanol–water partition coefficient (Wildman–Crippen LogP) is 7.56. The Bertz CT molecular complexity index is 1380. The number of hydrogen-bond donors (Lipinski definition) is 0. The summed E-state index contributed by atoms with van der Waals surface area (Å²) in [6.07, 6.45) is -11.4. The van der Waals surface area contributed by atoms with Gasteiger partial charge in [-0.3, -0.25) is 4.57 Å². The zero-order valence-electron chi connectivity index (χ0n) is 19.8. The first-order valence-corrected chi connectivity index (χ1v) is 11.0. The fourth-order valence-electron chi connectivity index (χ4n) is 4.29. The number of hydrogen-bond acceptors (Lipinski definition) is 3. The summed E-state index contributed by atoms with van der Waals surface area (Å²) in [7, 11) is 0. The quantitative estimate of drug-likeness (QED) is 0.237. The monoisotopic (exact) mass is 541 g/mol. The molecule has 4 rings (SSSR count). The van der Waals surface area contributed by atoms with Crippen molar-refractivity contribution in [3.8, 4) is 22.8 Å². The van der Waals surface area contributed by atoms with Crippen LogP contribution in [0.15, 0.2) is 72.8 Å². The van der Waals surface area contributed by atoms with E-state index >= 15 is 0 Å². The second-order valence-corrected chi connectivity index (χ2v) is 8.47. The molecule has 0 atom stereocenters. The lowest BCUT2D eigenvalue weighted by molar-refractivity contribution is -0.288. The summed E-state index contributed by atoms with van der Waals surface area (Å²) >= 11 is 0. The van der Waals surface area contributed by atoms with E-state index in [1.165, 1.54) is 41.0 Å². The number of nitrogens with zero attached hydrogens (tertiary/aromatic N) is 3. The second-order valence-electron chi connectivity index (χ2n) is 8.47. The van der Waals surface area contributed by atoms with E-state index in [0.29, 0.717) is 17.1 Å². The number of aromatic nitrogens is 3. The maximum absolute atomic E-state index is 14.4. The maximum Gasteiger partial charge on any atom is 0.411 e. The zero-order chi connectivity index (χ0) is 27.9. The van der Waals surface area contributed by atoms with Gasteiger partial charge in [0.15, 0.2) is 5.82 Å². The molecular formula is C26H19F8N3O. The Labute approximate surface area is 211 Å². The molecule has 0 fully saturated rings. The summed E-state index contributed by atoms with van der Waals surface area (Å²) in [5.74, 6) is 0.356. The van der Waals surface area contributed by atoms with Crippen LogP contribution in [0.1, 0.15) is 22.5 Å². The van der Waals surface area contributed by atoms with Crippen LogP contribution in [0.3, 0.4) is 0 Å². The van der Waals surface area contributed by atoms with Gasteiger partial charge in [-0.2, -0.15) is 35.1 Å². The Hall–Kier alpha value is -3.96. The minimum atomic E-state index is -5.71. The van der Waals surface area contributed by atoms with Gasteiger partial charge in [0.1, 0.15) is 11.6 Å². The second kappa shape index (κ2) is 9.73. The molecule has 0 N–H and O–H groups in total. The summed E-state index contributed by atoms with van der Waals surface area (Å²) in [5, 5.41) is 7.96. The van der Waals surface area contributed by atoms with E-state index in [1.807, 2.05) is 0 Å². The van der Waals surface area contributed by atoms with Crippen molar-refractivity contribution in [3.63, 3.8) is 0 Å². The highest BCUT2D eigenvalue weighted by Gasteiger charge is 2.72. The third-order valence-corrected chi connectivity index (χ3v) is 6.06. The van der Waals surface area contributed by atoms with Crippen LogP contribution in [0.2, 0.25) is 0 Å². The standard InChI is InChI=1S/C26H19F8N3O/c1-15-3-7-18(8-4-15)24(25(29,30)31,26(32,33)34)19-9-5-17(6-10-19)22-36-35-16(2)37(22)20-11-13-21(14-12-20)38-23(27)28/h3-14,23H,1-2H3. The smallest absolute Gasteiger partial charge is 0.411 e. The van der Waals surface area contributed by atoms with E-state index in [-0.39, 0.29) is 17.1 Å². The molecule has 200 valence electrons. The van der Waals surface area contributed by atoms with Crippen molar-refractivity contribution in [1.82, 2.24) is 14.8 Å². The van der Waals surface area contributed by atoms with E-state index in [9.17, 15) is 35.1 Å². The topological polar surface area (TPSA) is 39.9 Å². The molecule has 0 amide bonds. The number of rotatable bonds is 6. The van der Waals surface area contributed by atoms with E-state index in [4.69, 9.17) is 0 Å². The predicted molar refractivity (Wildman–Crippen MR) is 122 cm³/mol. The molecule has 3 aromatic carbocycles. The molecule has 0 aliphatic carbocycles. The van der Waals surface area contributed by atoms with Crippen LogP contribution < -0.4 is 4.74 Å². The van der Waals surface area contributed by atoms with Crippen LogP contribution in [0, 0.1) is 13.8 Å². The fraction of sp³-hybridized carbons (Fsp3) is 0.231. The van der Waals surface area contributed by atoms with Gasteiger partial charge >= 0.3 is 19.0 Å². The van der Waals surface area contributed by atoms with Crippen LogP contribution in [0.25, 0.3) is 17.1 Å². The third kappa shape index (κ3) is 4.70. The van der Waals surface area contributed by atoms with E-state index in [1.54, 1.807) is 13.8 Å². The summed E-state index contributed by atoms with van der Waals surface area (Å²) in [6.45, 7) is 0.107. The van der Waals surface area contributed by atoms with Crippen LogP contribution in [-0.4, -0.2) is 33.7 Å². The SMILES string of the molecule is Cc1ccc(C(c2ccc(-c3nnc(C)n3-c3ccc(OC(F)F)cc3)cc2)(C(F)(F)F)C(F)(F)F)cc1. The molecule has 0 bridgehead atoms. The average Bonchev–Trinajstić information content (AvgIpc) is 3.21. The minimum absolute atomic E-state index is 0.105. The van der Waals surface area contributed by atoms with Gasteiger partial charge in [-0.25, -0.2) is 0 Å². The average molecular weight is 541 g/mol. The lowest BCUT2D eigenvalue weighted by Gasteiger charge is -2.38. The first-order chi connectivity index (χ1) is 17.8. The normalized spacial score (nSPS) is 12.7. The summed E-state index contributed by atoms with van der Waals surface area (Å²) < 4.78 is 117. The van der Waals surface area contributed by atoms with E-state index < -0.39 is 35.5 Å². The number of halogens is 8. The molecule has 1 heterocycles. The minimum Gasteiger partial charge on any atom is -0.435 e. The molecule has 0 aliphatic rings. The fourth-order valence-corrected chi connectivity index (χ4v) is 4.29. The number of alkyl halides is 8. The highest BCUT2D eigenvalue weighted by Crippen LogP contribution is 2.56. The van der Waals surface area contributed by atoms with Crippen molar-refractivity contribution in [1.29, 1.82) is 0 Å². The number of benzene rings is 3. The largest absolute Gasteiger partial charge is 0.435 e. The molecule has 0 saturated carbocycles. The molecular weight excluding hydrogens is 522 g/mol. The highest BCUT2D eigenvalue weighted by atomic mass is 19.4. The third-order valence-electron chi connectivity index (χ3n) is 6.06. The molecule has 0 spiro atoms. The Morgan fingerprint density at radius 1 is 0.684 bits per heavy atom. The van der Waals surface area contributed by atoms with Crippen molar-refractivity contribution < 1.29 is 39.9 Å². The summed E-state index contributed by atoms with van der Waals surface area (Å²) in [5.41, 5.74) is -5.14. The number of aryl methyl sites for hydroxylation is 2. The molecule has 38 heavy (non-hydrogen) atoms. The Balaban J connectivity index is 1.81. The van der Waals surface area contributed by atoms with Crippen molar-refractivity contribution >= 4 is 0 Å². The van der Waals surface area contributed by atoms with E-state index in [2.05, 4.69) is 14.9 Å². The zero-order valence-corrected chi connectivity index (χ0v) is 19.8. The van der Waals surface area contributed by atoms with Crippen molar-refractivity contribution in [2.45, 2.75) is 38.2 Å². The van der Waals surface area contributed by atoms with Crippen molar-refractivity contribution in [2.24, 2.45) is 0 Å². The van der Waals surface area contributed by atoms with Gasteiger partial charge in [0.2, 0.25) is 5.41 Å². The molecule has 0 radical (unpaired) electrons. The van der Waals surface area contributed by atoms with Gasteiger partial charge in [0.05, 0.1) is 0 Å². The van der Waals surface area contributed by atoms with Crippen LogP contribution in [0.4, 0.5) is 35.1 Å². The first kappa shape index (κ1) is 27.1. The Morgan fingerprint density at radius 3 is 1.66 bits per heavy atom. The summed E-state index contributed by atoms with van der Waals surface area (Å²) in [6, 6.07) is 13.2. The van der Waals surface area contributed by atoms with Gasteiger partial charge in [-0.05, 0) is 49.2 Å². The lowest BCUT2D eigenvalue weighted by Crippen LogP contribution is -2.54. The maximum atomic E-state index is 14.4. The van der Waals surface area contributed by atoms with Gasteiger partial charge in [-0.1, -0.05) is 54.1 Å². The Kier molecular flexibility index (Phi) is 6.94. The van der Waals surface area contributed by atoms with Gasteiger partial charge in [0.25, 0.3) is 0 Å². The molecule has 4 aromatic rings. The van der Waals surface area contributed by atoms with Gasteiger partial charge in [-0.15, -0.1) is 10.2 Å². The van der Waals surface area contributed by atoms with Crippen LogP contribution in [-0.2, 0) is 5.41 Å². The van der Waals surface area contributed by atoms with Gasteiger partial charge < -0.3 is 4.74 Å². The van der Waals surface area contributed by atoms with Crippen LogP contribution >= 0.6 is 0 Å². The lowest BCUT2D eigenvalue weighted by atomic mass is 9.72. The molecule has 1 aromatic heterocycles. The molecule has 0 unspecified atom stereocenters. The highest BCUT2D eigenvalue weighted by molar-refractivity contribution is 5.61. The molecule has 4 nitrogen and oxygen atoms in total. The Morgan fingerprint density at radius 2 is 1.18 bits per heavy atom. The first-order valence-electron chi connectivity index (χ1n) is 11.0. The van der Waals surface area contributed by atoms with Crippen LogP contribution in [0.5, 0.6) is 5.75 Å². The van der Waals surface area contributed by atoms with E-state index in [0.717, 1.165) is 36.4 Å². The molecule has 12 heteroatoms. The molecule has 0 aliphatic heterocycles. The van der Waals surface area contributed by atoms with Crippen molar-refractivity contribution in [2.75, 3.05) is 0 Å². The number of ether oxygens (including phenoxy) is 1. The van der Waals surface area contributed by atoms with Crippen molar-refractivity contribution in [3.05, 3.63) is 95.3 Å². The molecule has 0 saturated heterocycles.